The average Bonchev–Trinajstić information content (AvgIpc) is 3.56. The lowest BCUT2D eigenvalue weighted by molar-refractivity contribution is 0.0494. The normalized spacial score (nSPS) is 20.8. The first kappa shape index (κ1) is 23.9. The van der Waals surface area contributed by atoms with Crippen molar-refractivity contribution in [1.82, 2.24) is 9.88 Å². The number of nitrogens with zero attached hydrogens (tertiary/aromatic N) is 2. The maximum atomic E-state index is 12.9. The van der Waals surface area contributed by atoms with Gasteiger partial charge in [-0.3, -0.25) is 4.79 Å². The number of hydrogen-bond donors (Lipinski definition) is 2. The molecule has 34 heavy (non-hydrogen) atoms. The molecule has 1 aromatic carbocycles. The number of rotatable bonds is 5. The van der Waals surface area contributed by atoms with E-state index in [-0.39, 0.29) is 17.6 Å². The van der Waals surface area contributed by atoms with Gasteiger partial charge in [-0.15, -0.1) is 0 Å². The minimum atomic E-state index is -1.23. The first-order valence-corrected chi connectivity index (χ1v) is 11.7. The lowest BCUT2D eigenvalue weighted by Crippen LogP contribution is -2.51. The molecule has 1 aromatic heterocycles. The number of aromatic nitrogens is 1. The molecule has 1 saturated heterocycles. The average molecular weight is 472 g/mol. The summed E-state index contributed by atoms with van der Waals surface area (Å²) >= 11 is 0. The quantitative estimate of drug-likeness (QED) is 0.683. The highest BCUT2D eigenvalue weighted by molar-refractivity contribution is 5.97. The smallest absolute Gasteiger partial charge is 0.407 e. The summed E-state index contributed by atoms with van der Waals surface area (Å²) in [7, 11) is 1.56. The zero-order valence-corrected chi connectivity index (χ0v) is 20.4. The van der Waals surface area contributed by atoms with Crippen LogP contribution in [-0.2, 0) is 4.74 Å². The maximum absolute atomic E-state index is 12.9. The highest BCUT2D eigenvalue weighted by atomic mass is 16.6. The molecule has 9 nitrogen and oxygen atoms in total. The zero-order chi connectivity index (χ0) is 24.8. The van der Waals surface area contributed by atoms with Crippen LogP contribution in [0.15, 0.2) is 23.1 Å². The Morgan fingerprint density at radius 2 is 1.88 bits per heavy atom. The molecule has 0 radical (unpaired) electrons. The summed E-state index contributed by atoms with van der Waals surface area (Å²) in [6.07, 6.45) is 3.67. The van der Waals surface area contributed by atoms with Gasteiger partial charge in [0.05, 0.1) is 23.7 Å². The van der Waals surface area contributed by atoms with Crippen LogP contribution in [0.25, 0.3) is 10.9 Å². The lowest BCUT2D eigenvalue weighted by atomic mass is 9.95. The first-order chi connectivity index (χ1) is 16.0. The third-order valence-electron chi connectivity index (χ3n) is 6.22. The van der Waals surface area contributed by atoms with E-state index in [1.165, 1.54) is 6.20 Å². The van der Waals surface area contributed by atoms with E-state index in [1.54, 1.807) is 13.2 Å². The third kappa shape index (κ3) is 4.83. The monoisotopic (exact) mass is 471 g/mol. The summed E-state index contributed by atoms with van der Waals surface area (Å²) in [4.78, 5) is 39.1. The highest BCUT2D eigenvalue weighted by Gasteiger charge is 2.32. The van der Waals surface area contributed by atoms with Crippen molar-refractivity contribution in [2.24, 2.45) is 5.92 Å². The number of anilines is 1. The van der Waals surface area contributed by atoms with Crippen LogP contribution in [0.5, 0.6) is 5.75 Å². The molecule has 2 unspecified atom stereocenters. The number of aromatic carboxylic acids is 1. The van der Waals surface area contributed by atoms with Gasteiger partial charge in [0.25, 0.3) is 0 Å². The van der Waals surface area contributed by atoms with E-state index < -0.39 is 23.1 Å². The number of carbonyl (C=O) groups excluding carboxylic acids is 1. The van der Waals surface area contributed by atoms with Crippen molar-refractivity contribution in [1.29, 1.82) is 0 Å². The lowest BCUT2D eigenvalue weighted by Gasteiger charge is -2.39. The number of alkyl carbamates (subject to hydrolysis) is 1. The number of carboxylic acid groups (broad SMARTS) is 1. The number of benzene rings is 1. The highest BCUT2D eigenvalue weighted by Crippen LogP contribution is 2.43. The zero-order valence-electron chi connectivity index (χ0n) is 20.4. The van der Waals surface area contributed by atoms with Crippen LogP contribution in [0.4, 0.5) is 10.5 Å². The number of piperidine rings is 1. The van der Waals surface area contributed by atoms with Crippen LogP contribution in [0, 0.1) is 5.92 Å². The van der Waals surface area contributed by atoms with Crippen molar-refractivity contribution < 1.29 is 24.2 Å². The minimum absolute atomic E-state index is 0.112. The standard InChI is InChI=1S/C25H33N3O6/c1-14-10-15(26-24(32)34-25(2,3)4)12-27(11-14)19-9-8-17-20(22(19)33-5)28(16-6-7-16)13-18(21(17)29)23(30)31/h8-9,13-16H,6-7,10-12H2,1-5H3,(H,26,32)(H,30,31). The van der Waals surface area contributed by atoms with Crippen molar-refractivity contribution in [2.45, 2.75) is 64.6 Å². The Hall–Kier alpha value is -3.23. The Labute approximate surface area is 198 Å². The summed E-state index contributed by atoms with van der Waals surface area (Å²) in [6, 6.07) is 3.54. The van der Waals surface area contributed by atoms with Crippen molar-refractivity contribution in [3.8, 4) is 5.75 Å². The summed E-state index contributed by atoms with van der Waals surface area (Å²) in [5.74, 6) is -0.386. The van der Waals surface area contributed by atoms with E-state index in [4.69, 9.17) is 9.47 Å². The van der Waals surface area contributed by atoms with Crippen molar-refractivity contribution in [3.63, 3.8) is 0 Å². The van der Waals surface area contributed by atoms with Gasteiger partial charge in [0, 0.05) is 31.4 Å². The predicted molar refractivity (Wildman–Crippen MR) is 129 cm³/mol. The van der Waals surface area contributed by atoms with Crippen molar-refractivity contribution >= 4 is 28.7 Å². The maximum Gasteiger partial charge on any atom is 0.407 e. The molecular weight excluding hydrogens is 438 g/mol. The molecule has 0 spiro atoms. The van der Waals surface area contributed by atoms with E-state index in [9.17, 15) is 19.5 Å². The molecule has 2 heterocycles. The second-order valence-electron chi connectivity index (χ2n) is 10.4. The number of pyridine rings is 1. The van der Waals surface area contributed by atoms with Gasteiger partial charge in [0.2, 0.25) is 5.43 Å². The van der Waals surface area contributed by atoms with Gasteiger partial charge in [-0.25, -0.2) is 9.59 Å². The summed E-state index contributed by atoms with van der Waals surface area (Å²) in [6.45, 7) is 8.94. The third-order valence-corrected chi connectivity index (χ3v) is 6.22. The molecule has 2 aromatic rings. The molecule has 2 atom stereocenters. The number of fused-ring (bicyclic) bond motifs is 1. The van der Waals surface area contributed by atoms with Gasteiger partial charge in [-0.1, -0.05) is 6.92 Å². The first-order valence-electron chi connectivity index (χ1n) is 11.7. The fourth-order valence-electron chi connectivity index (χ4n) is 4.78. The number of ether oxygens (including phenoxy) is 2. The Kier molecular flexibility index (Phi) is 6.22. The van der Waals surface area contributed by atoms with Crippen LogP contribution in [0.3, 0.4) is 0 Å². The van der Waals surface area contributed by atoms with E-state index in [2.05, 4.69) is 17.1 Å². The fraction of sp³-hybridized carbons (Fsp3) is 0.560. The molecule has 2 aliphatic rings. The second kappa shape index (κ2) is 8.85. The number of methoxy groups -OCH3 is 1. The number of carbonyl (C=O) groups is 2. The summed E-state index contributed by atoms with van der Waals surface area (Å²) in [5.41, 5.74) is 0.109. The molecule has 2 fully saturated rings. The Balaban J connectivity index is 1.73. The number of amides is 1. The molecule has 0 bridgehead atoms. The molecule has 184 valence electrons. The summed E-state index contributed by atoms with van der Waals surface area (Å²) < 4.78 is 13.2. The predicted octanol–water partition coefficient (Wildman–Crippen LogP) is 3.78. The SMILES string of the molecule is COc1c(N2CC(C)CC(NC(=O)OC(C)(C)C)C2)ccc2c(=O)c(C(=O)O)cn(C3CC3)c12. The van der Waals surface area contributed by atoms with Gasteiger partial charge >= 0.3 is 12.1 Å². The van der Waals surface area contributed by atoms with E-state index in [1.807, 2.05) is 31.4 Å². The molecule has 1 saturated carbocycles. The molecule has 4 rings (SSSR count). The van der Waals surface area contributed by atoms with Crippen LogP contribution in [0.2, 0.25) is 0 Å². The fourth-order valence-corrected chi connectivity index (χ4v) is 4.78. The second-order valence-corrected chi connectivity index (χ2v) is 10.4. The van der Waals surface area contributed by atoms with Gasteiger partial charge in [0.1, 0.15) is 11.2 Å². The van der Waals surface area contributed by atoms with Crippen LogP contribution >= 0.6 is 0 Å². The molecule has 1 amide bonds. The van der Waals surface area contributed by atoms with E-state index >= 15 is 0 Å². The minimum Gasteiger partial charge on any atom is -0.492 e. The number of carboxylic acids is 1. The molecule has 1 aliphatic carbocycles. The Morgan fingerprint density at radius 3 is 2.47 bits per heavy atom. The van der Waals surface area contributed by atoms with Crippen molar-refractivity contribution in [3.05, 3.63) is 34.1 Å². The van der Waals surface area contributed by atoms with Crippen LogP contribution < -0.4 is 20.4 Å². The van der Waals surface area contributed by atoms with Crippen LogP contribution in [0.1, 0.15) is 63.4 Å². The van der Waals surface area contributed by atoms with Gasteiger partial charge in [-0.05, 0) is 58.1 Å². The summed E-state index contributed by atoms with van der Waals surface area (Å²) in [5, 5.41) is 12.9. The van der Waals surface area contributed by atoms with Gasteiger partial charge in [-0.2, -0.15) is 0 Å². The molecule has 9 heteroatoms. The molecular formula is C25H33N3O6. The van der Waals surface area contributed by atoms with Crippen LogP contribution in [-0.4, -0.2) is 53.6 Å². The van der Waals surface area contributed by atoms with Crippen molar-refractivity contribution in [2.75, 3.05) is 25.1 Å². The largest absolute Gasteiger partial charge is 0.492 e. The van der Waals surface area contributed by atoms with Gasteiger partial charge in [0.15, 0.2) is 5.75 Å². The van der Waals surface area contributed by atoms with E-state index in [0.29, 0.717) is 29.1 Å². The number of hydrogen-bond acceptors (Lipinski definition) is 6. The Morgan fingerprint density at radius 1 is 1.18 bits per heavy atom. The Bertz CT molecular complexity index is 1180. The topological polar surface area (TPSA) is 110 Å². The molecule has 1 aliphatic heterocycles. The molecule has 2 N–H and O–H groups in total. The number of nitrogens with one attached hydrogen (secondary N) is 1. The van der Waals surface area contributed by atoms with Gasteiger partial charge < -0.3 is 29.4 Å². The van der Waals surface area contributed by atoms with E-state index in [0.717, 1.165) is 31.5 Å².